The standard InChI is InChI=1S/C20H24BrN7O3/c1-13-11-27(20-25-18(31-26-20)14(2)29-3)6-7-28(13)19-23-8-16(9-24-19)30-12-15-4-5-22-10-17(15)21/h4-5,8-10,13-14H,6-7,11-12H2,1-3H3/t13-,14+/m1/s1. The van der Waals surface area contributed by atoms with Crippen LogP contribution in [0, 0.1) is 0 Å². The molecular weight excluding hydrogens is 466 g/mol. The zero-order valence-electron chi connectivity index (χ0n) is 17.6. The van der Waals surface area contributed by atoms with Crippen LogP contribution in [-0.2, 0) is 11.3 Å². The first-order valence-corrected chi connectivity index (χ1v) is 10.8. The molecule has 0 bridgehead atoms. The molecule has 4 heterocycles. The number of rotatable bonds is 7. The van der Waals surface area contributed by atoms with Crippen LogP contribution >= 0.6 is 15.9 Å². The molecule has 0 amide bonds. The molecule has 10 nitrogen and oxygen atoms in total. The molecule has 1 saturated heterocycles. The van der Waals surface area contributed by atoms with Gasteiger partial charge in [-0.25, -0.2) is 9.97 Å². The highest BCUT2D eigenvalue weighted by Gasteiger charge is 2.28. The maximum Gasteiger partial charge on any atom is 0.266 e. The second-order valence-electron chi connectivity index (χ2n) is 7.27. The third kappa shape index (κ3) is 4.93. The maximum atomic E-state index is 5.80. The average molecular weight is 490 g/mol. The Morgan fingerprint density at radius 3 is 2.74 bits per heavy atom. The van der Waals surface area contributed by atoms with Crippen molar-refractivity contribution >= 4 is 27.8 Å². The second kappa shape index (κ2) is 9.56. The lowest BCUT2D eigenvalue weighted by atomic mass is 10.2. The summed E-state index contributed by atoms with van der Waals surface area (Å²) in [5.41, 5.74) is 1.01. The molecule has 164 valence electrons. The van der Waals surface area contributed by atoms with Crippen molar-refractivity contribution in [3.8, 4) is 5.75 Å². The molecule has 1 fully saturated rings. The number of halogens is 1. The zero-order valence-corrected chi connectivity index (χ0v) is 19.2. The summed E-state index contributed by atoms with van der Waals surface area (Å²) >= 11 is 3.47. The van der Waals surface area contributed by atoms with Gasteiger partial charge in [-0.2, -0.15) is 4.98 Å². The van der Waals surface area contributed by atoms with Crippen LogP contribution in [0.3, 0.4) is 0 Å². The summed E-state index contributed by atoms with van der Waals surface area (Å²) in [4.78, 5) is 21.8. The minimum atomic E-state index is -0.228. The van der Waals surface area contributed by atoms with Crippen molar-refractivity contribution < 1.29 is 14.0 Å². The van der Waals surface area contributed by atoms with E-state index in [2.05, 4.69) is 57.7 Å². The first-order valence-electron chi connectivity index (χ1n) is 9.96. The van der Waals surface area contributed by atoms with Crippen molar-refractivity contribution in [2.45, 2.75) is 32.6 Å². The fraction of sp³-hybridized carbons (Fsp3) is 0.450. The van der Waals surface area contributed by atoms with Crippen LogP contribution in [0.5, 0.6) is 5.75 Å². The van der Waals surface area contributed by atoms with E-state index in [1.807, 2.05) is 13.0 Å². The van der Waals surface area contributed by atoms with Crippen LogP contribution in [0.2, 0.25) is 0 Å². The third-order valence-corrected chi connectivity index (χ3v) is 5.88. The van der Waals surface area contributed by atoms with Crippen molar-refractivity contribution in [1.82, 2.24) is 25.1 Å². The molecule has 3 aromatic heterocycles. The van der Waals surface area contributed by atoms with E-state index in [4.69, 9.17) is 14.0 Å². The minimum Gasteiger partial charge on any atom is -0.486 e. The van der Waals surface area contributed by atoms with E-state index in [0.29, 0.717) is 30.1 Å². The normalized spacial score (nSPS) is 17.6. The summed E-state index contributed by atoms with van der Waals surface area (Å²) in [5, 5.41) is 4.09. The van der Waals surface area contributed by atoms with Crippen molar-refractivity contribution in [3.05, 3.63) is 46.8 Å². The van der Waals surface area contributed by atoms with Crippen LogP contribution in [0.25, 0.3) is 0 Å². The van der Waals surface area contributed by atoms with Crippen LogP contribution in [0.1, 0.15) is 31.4 Å². The number of ether oxygens (including phenoxy) is 2. The molecule has 0 spiro atoms. The third-order valence-electron chi connectivity index (χ3n) is 5.16. The molecule has 1 aliphatic heterocycles. The highest BCUT2D eigenvalue weighted by atomic mass is 79.9. The van der Waals surface area contributed by atoms with Crippen molar-refractivity contribution in [1.29, 1.82) is 0 Å². The van der Waals surface area contributed by atoms with Crippen LogP contribution in [0.15, 0.2) is 39.8 Å². The Labute approximate surface area is 188 Å². The monoisotopic (exact) mass is 489 g/mol. The molecule has 0 aromatic carbocycles. The summed E-state index contributed by atoms with van der Waals surface area (Å²) in [6, 6.07) is 2.08. The molecule has 0 radical (unpaired) electrons. The van der Waals surface area contributed by atoms with E-state index in [0.717, 1.165) is 29.7 Å². The highest BCUT2D eigenvalue weighted by Crippen LogP contribution is 2.23. The molecule has 11 heteroatoms. The molecule has 0 aliphatic carbocycles. The fourth-order valence-electron chi connectivity index (χ4n) is 3.27. The largest absolute Gasteiger partial charge is 0.486 e. The van der Waals surface area contributed by atoms with Crippen molar-refractivity contribution in [3.63, 3.8) is 0 Å². The number of anilines is 2. The molecule has 0 saturated carbocycles. The second-order valence-corrected chi connectivity index (χ2v) is 8.13. The van der Waals surface area contributed by atoms with Gasteiger partial charge in [0.15, 0.2) is 5.75 Å². The number of nitrogens with zero attached hydrogens (tertiary/aromatic N) is 7. The van der Waals surface area contributed by atoms with E-state index in [1.165, 1.54) is 0 Å². The first-order chi connectivity index (χ1) is 15.0. The van der Waals surface area contributed by atoms with Gasteiger partial charge < -0.3 is 23.8 Å². The number of aromatic nitrogens is 5. The number of pyridine rings is 1. The number of methoxy groups -OCH3 is 1. The highest BCUT2D eigenvalue weighted by molar-refractivity contribution is 9.10. The van der Waals surface area contributed by atoms with Crippen molar-refractivity contribution in [2.75, 3.05) is 36.5 Å². The van der Waals surface area contributed by atoms with Crippen LogP contribution in [0.4, 0.5) is 11.9 Å². The Morgan fingerprint density at radius 2 is 2.03 bits per heavy atom. The molecule has 0 N–H and O–H groups in total. The molecule has 4 rings (SSSR count). The SMILES string of the molecule is CO[C@@H](C)c1nc(N2CCN(c3ncc(OCc4ccncc4Br)cn3)[C@H](C)C2)no1. The number of piperazine rings is 1. The van der Waals surface area contributed by atoms with Gasteiger partial charge in [-0.05, 0) is 41.0 Å². The lowest BCUT2D eigenvalue weighted by Gasteiger charge is -2.39. The van der Waals surface area contributed by atoms with Gasteiger partial charge in [0.1, 0.15) is 12.7 Å². The van der Waals surface area contributed by atoms with Gasteiger partial charge in [0.05, 0.1) is 12.4 Å². The minimum absolute atomic E-state index is 0.176. The lowest BCUT2D eigenvalue weighted by Crippen LogP contribution is -2.53. The number of hydrogen-bond acceptors (Lipinski definition) is 10. The molecule has 3 aromatic rings. The summed E-state index contributed by atoms with van der Waals surface area (Å²) < 4.78 is 17.3. The van der Waals surface area contributed by atoms with Gasteiger partial charge in [-0.15, -0.1) is 0 Å². The predicted octanol–water partition coefficient (Wildman–Crippen LogP) is 3.02. The smallest absolute Gasteiger partial charge is 0.266 e. The van der Waals surface area contributed by atoms with E-state index in [-0.39, 0.29) is 12.1 Å². The van der Waals surface area contributed by atoms with Gasteiger partial charge in [-0.3, -0.25) is 4.98 Å². The van der Waals surface area contributed by atoms with Crippen LogP contribution < -0.4 is 14.5 Å². The van der Waals surface area contributed by atoms with E-state index < -0.39 is 0 Å². The van der Waals surface area contributed by atoms with Gasteiger partial charge >= 0.3 is 0 Å². The van der Waals surface area contributed by atoms with Gasteiger partial charge in [-0.1, -0.05) is 0 Å². The molecule has 1 aliphatic rings. The Hall–Kier alpha value is -2.79. The summed E-state index contributed by atoms with van der Waals surface area (Å²) in [6.07, 6.45) is 6.65. The van der Waals surface area contributed by atoms with Gasteiger partial charge in [0.25, 0.3) is 11.8 Å². The molecule has 0 unspecified atom stereocenters. The average Bonchev–Trinajstić information content (AvgIpc) is 3.29. The van der Waals surface area contributed by atoms with Gasteiger partial charge in [0, 0.05) is 55.2 Å². The van der Waals surface area contributed by atoms with Crippen molar-refractivity contribution in [2.24, 2.45) is 0 Å². The van der Waals surface area contributed by atoms with E-state index >= 15 is 0 Å². The summed E-state index contributed by atoms with van der Waals surface area (Å²) in [7, 11) is 1.61. The van der Waals surface area contributed by atoms with Gasteiger partial charge in [0.2, 0.25) is 5.95 Å². The lowest BCUT2D eigenvalue weighted by molar-refractivity contribution is 0.0886. The Bertz CT molecular complexity index is 1000. The number of hydrogen-bond donors (Lipinski definition) is 0. The topological polar surface area (TPSA) is 103 Å². The Balaban J connectivity index is 1.35. The first kappa shape index (κ1) is 21.4. The zero-order chi connectivity index (χ0) is 21.8. The predicted molar refractivity (Wildman–Crippen MR) is 117 cm³/mol. The quantitative estimate of drug-likeness (QED) is 0.491. The van der Waals surface area contributed by atoms with E-state index in [1.54, 1.807) is 31.9 Å². The van der Waals surface area contributed by atoms with Crippen LogP contribution in [-0.4, -0.2) is 57.9 Å². The maximum absolute atomic E-state index is 5.80. The molecule has 31 heavy (non-hydrogen) atoms. The Kier molecular flexibility index (Phi) is 6.62. The molecular formula is C20H24BrN7O3. The Morgan fingerprint density at radius 1 is 1.23 bits per heavy atom. The summed E-state index contributed by atoms with van der Waals surface area (Å²) in [6.45, 7) is 6.63. The fourth-order valence-corrected chi connectivity index (χ4v) is 3.64. The molecule has 2 atom stereocenters. The van der Waals surface area contributed by atoms with E-state index in [9.17, 15) is 0 Å². The summed E-state index contributed by atoms with van der Waals surface area (Å²) in [5.74, 6) is 2.35.